The Morgan fingerprint density at radius 2 is 2.33 bits per heavy atom. The minimum atomic E-state index is -0.299. The summed E-state index contributed by atoms with van der Waals surface area (Å²) >= 11 is 0. The van der Waals surface area contributed by atoms with Gasteiger partial charge in [0.05, 0.1) is 24.0 Å². The van der Waals surface area contributed by atoms with Gasteiger partial charge < -0.3 is 15.4 Å². The fraction of sp³-hybridized carbons (Fsp3) is 0.455. The molecule has 0 aliphatic carbocycles. The van der Waals surface area contributed by atoms with Crippen LogP contribution in [0.25, 0.3) is 0 Å². The van der Waals surface area contributed by atoms with Crippen LogP contribution in [0.1, 0.15) is 6.42 Å². The molecule has 1 aromatic carbocycles. The van der Waals surface area contributed by atoms with Crippen molar-refractivity contribution in [3.05, 3.63) is 24.0 Å². The molecule has 4 heteroatoms. The molecule has 1 fully saturated rings. The van der Waals surface area contributed by atoms with Crippen LogP contribution in [0.15, 0.2) is 18.2 Å². The van der Waals surface area contributed by atoms with E-state index in [1.807, 2.05) is 7.05 Å². The van der Waals surface area contributed by atoms with Crippen LogP contribution in [0.4, 0.5) is 15.8 Å². The van der Waals surface area contributed by atoms with E-state index in [9.17, 15) is 4.39 Å². The van der Waals surface area contributed by atoms with Gasteiger partial charge in [-0.25, -0.2) is 4.39 Å². The summed E-state index contributed by atoms with van der Waals surface area (Å²) in [5.74, 6) is -0.299. The second-order valence-electron chi connectivity index (χ2n) is 3.83. The first-order chi connectivity index (χ1) is 7.18. The normalized spacial score (nSPS) is 20.5. The van der Waals surface area contributed by atoms with Crippen LogP contribution in [-0.4, -0.2) is 26.3 Å². The van der Waals surface area contributed by atoms with Crippen LogP contribution in [0.3, 0.4) is 0 Å². The standard InChI is InChI=1S/C11H15FN2O/c1-14(9-4-5-15-7-9)11-3-2-8(12)6-10(11)13/h2-3,6,9H,4-5,7,13H2,1H3. The van der Waals surface area contributed by atoms with Crippen molar-refractivity contribution in [3.63, 3.8) is 0 Å². The Kier molecular flexibility index (Phi) is 2.77. The maximum Gasteiger partial charge on any atom is 0.125 e. The topological polar surface area (TPSA) is 38.5 Å². The summed E-state index contributed by atoms with van der Waals surface area (Å²) in [7, 11) is 1.96. The van der Waals surface area contributed by atoms with Crippen molar-refractivity contribution in [1.29, 1.82) is 0 Å². The minimum absolute atomic E-state index is 0.299. The molecule has 15 heavy (non-hydrogen) atoms. The lowest BCUT2D eigenvalue weighted by molar-refractivity contribution is 0.193. The highest BCUT2D eigenvalue weighted by Crippen LogP contribution is 2.26. The van der Waals surface area contributed by atoms with Gasteiger partial charge in [-0.1, -0.05) is 0 Å². The van der Waals surface area contributed by atoms with Crippen LogP contribution in [0, 0.1) is 5.82 Å². The molecule has 1 atom stereocenters. The first kappa shape index (κ1) is 10.2. The molecule has 0 amide bonds. The number of benzene rings is 1. The number of ether oxygens (including phenoxy) is 1. The molecule has 0 radical (unpaired) electrons. The second kappa shape index (κ2) is 4.06. The number of likely N-dealkylation sites (N-methyl/N-ethyl adjacent to an activating group) is 1. The Hall–Kier alpha value is -1.29. The van der Waals surface area contributed by atoms with Crippen molar-refractivity contribution >= 4 is 11.4 Å². The summed E-state index contributed by atoms with van der Waals surface area (Å²) in [6.07, 6.45) is 0.993. The predicted molar refractivity (Wildman–Crippen MR) is 58.4 cm³/mol. The lowest BCUT2D eigenvalue weighted by Crippen LogP contribution is -2.32. The van der Waals surface area contributed by atoms with E-state index in [1.165, 1.54) is 12.1 Å². The highest BCUT2D eigenvalue weighted by Gasteiger charge is 2.21. The first-order valence-corrected chi connectivity index (χ1v) is 5.04. The number of nitrogen functional groups attached to an aromatic ring is 1. The van der Waals surface area contributed by atoms with Gasteiger partial charge in [0, 0.05) is 13.7 Å². The van der Waals surface area contributed by atoms with Crippen LogP contribution in [0.5, 0.6) is 0 Å². The zero-order valence-corrected chi connectivity index (χ0v) is 8.74. The molecule has 1 aliphatic rings. The smallest absolute Gasteiger partial charge is 0.125 e. The largest absolute Gasteiger partial charge is 0.397 e. The molecular formula is C11H15FN2O. The molecule has 82 valence electrons. The molecule has 3 nitrogen and oxygen atoms in total. The van der Waals surface area contributed by atoms with E-state index in [1.54, 1.807) is 6.07 Å². The van der Waals surface area contributed by atoms with Gasteiger partial charge in [0.25, 0.3) is 0 Å². The molecule has 1 aliphatic heterocycles. The number of hydrogen-bond acceptors (Lipinski definition) is 3. The van der Waals surface area contributed by atoms with Gasteiger partial charge in [-0.05, 0) is 24.6 Å². The maximum atomic E-state index is 12.9. The molecule has 1 unspecified atom stereocenters. The maximum absolute atomic E-state index is 12.9. The van der Waals surface area contributed by atoms with Gasteiger partial charge >= 0.3 is 0 Å². The number of hydrogen-bond donors (Lipinski definition) is 1. The number of halogens is 1. The van der Waals surface area contributed by atoms with Gasteiger partial charge in [-0.15, -0.1) is 0 Å². The van der Waals surface area contributed by atoms with Crippen molar-refractivity contribution in [2.75, 3.05) is 30.9 Å². The highest BCUT2D eigenvalue weighted by atomic mass is 19.1. The number of anilines is 2. The monoisotopic (exact) mass is 210 g/mol. The Balaban J connectivity index is 2.20. The van der Waals surface area contributed by atoms with Crippen LogP contribution < -0.4 is 10.6 Å². The van der Waals surface area contributed by atoms with Crippen molar-refractivity contribution < 1.29 is 9.13 Å². The van der Waals surface area contributed by atoms with E-state index in [4.69, 9.17) is 10.5 Å². The first-order valence-electron chi connectivity index (χ1n) is 5.04. The Bertz CT molecular complexity index is 350. The van der Waals surface area contributed by atoms with Gasteiger partial charge in [0.15, 0.2) is 0 Å². The van der Waals surface area contributed by atoms with Crippen LogP contribution >= 0.6 is 0 Å². The molecule has 1 saturated heterocycles. The molecule has 0 spiro atoms. The van der Waals surface area contributed by atoms with E-state index in [0.29, 0.717) is 18.3 Å². The fourth-order valence-electron chi connectivity index (χ4n) is 1.87. The molecule has 2 rings (SSSR count). The minimum Gasteiger partial charge on any atom is -0.397 e. The SMILES string of the molecule is CN(c1ccc(F)cc1N)C1CCOC1. The molecule has 2 N–H and O–H groups in total. The number of rotatable bonds is 2. The van der Waals surface area contributed by atoms with Crippen molar-refractivity contribution in [1.82, 2.24) is 0 Å². The molecule has 1 aromatic rings. The average Bonchev–Trinajstić information content (AvgIpc) is 2.69. The van der Waals surface area contributed by atoms with Gasteiger partial charge in [-0.2, -0.15) is 0 Å². The lowest BCUT2D eigenvalue weighted by atomic mass is 10.2. The Morgan fingerprint density at radius 1 is 1.53 bits per heavy atom. The van der Waals surface area contributed by atoms with E-state index < -0.39 is 0 Å². The third-order valence-corrected chi connectivity index (χ3v) is 2.82. The zero-order chi connectivity index (χ0) is 10.8. The van der Waals surface area contributed by atoms with Gasteiger partial charge in [0.2, 0.25) is 0 Å². The van der Waals surface area contributed by atoms with E-state index in [-0.39, 0.29) is 5.82 Å². The lowest BCUT2D eigenvalue weighted by Gasteiger charge is -2.26. The number of nitrogens with zero attached hydrogens (tertiary/aromatic N) is 1. The quantitative estimate of drug-likeness (QED) is 0.754. The summed E-state index contributed by atoms with van der Waals surface area (Å²) in [6, 6.07) is 4.83. The van der Waals surface area contributed by atoms with Crippen molar-refractivity contribution in [2.45, 2.75) is 12.5 Å². The molecular weight excluding hydrogens is 195 g/mol. The van der Waals surface area contributed by atoms with Gasteiger partial charge in [0.1, 0.15) is 5.82 Å². The Morgan fingerprint density at radius 3 is 2.93 bits per heavy atom. The number of nitrogens with two attached hydrogens (primary N) is 1. The van der Waals surface area contributed by atoms with Crippen molar-refractivity contribution in [3.8, 4) is 0 Å². The molecule has 0 bridgehead atoms. The summed E-state index contributed by atoms with van der Waals surface area (Å²) < 4.78 is 18.2. The third-order valence-electron chi connectivity index (χ3n) is 2.82. The highest BCUT2D eigenvalue weighted by molar-refractivity contribution is 5.67. The van der Waals surface area contributed by atoms with E-state index in [0.717, 1.165) is 18.7 Å². The van der Waals surface area contributed by atoms with Crippen LogP contribution in [0.2, 0.25) is 0 Å². The summed E-state index contributed by atoms with van der Waals surface area (Å²) in [5, 5.41) is 0. The summed E-state index contributed by atoms with van der Waals surface area (Å²) in [5.41, 5.74) is 7.11. The molecule has 1 heterocycles. The van der Waals surface area contributed by atoms with Crippen LogP contribution in [-0.2, 0) is 4.74 Å². The Labute approximate surface area is 88.6 Å². The van der Waals surface area contributed by atoms with E-state index in [2.05, 4.69) is 4.90 Å². The predicted octanol–water partition coefficient (Wildman–Crippen LogP) is 1.63. The summed E-state index contributed by atoms with van der Waals surface area (Å²) in [6.45, 7) is 1.50. The van der Waals surface area contributed by atoms with Gasteiger partial charge in [-0.3, -0.25) is 0 Å². The molecule has 0 saturated carbocycles. The van der Waals surface area contributed by atoms with Crippen molar-refractivity contribution in [2.24, 2.45) is 0 Å². The second-order valence-corrected chi connectivity index (χ2v) is 3.83. The zero-order valence-electron chi connectivity index (χ0n) is 8.74. The third kappa shape index (κ3) is 2.04. The fourth-order valence-corrected chi connectivity index (χ4v) is 1.87. The average molecular weight is 210 g/mol. The summed E-state index contributed by atoms with van der Waals surface area (Å²) in [4.78, 5) is 2.06. The molecule has 0 aromatic heterocycles. The van der Waals surface area contributed by atoms with E-state index >= 15 is 0 Å².